The summed E-state index contributed by atoms with van der Waals surface area (Å²) in [5, 5.41) is 8.65. The van der Waals surface area contributed by atoms with Crippen molar-refractivity contribution in [2.45, 2.75) is 84.0 Å². The van der Waals surface area contributed by atoms with Crippen LogP contribution in [0.3, 0.4) is 0 Å². The smallest absolute Gasteiger partial charge is 0.317 e. The topological polar surface area (TPSA) is 40.5 Å². The molecular weight excluding hydrogens is 274 g/mol. The zero-order valence-electron chi connectivity index (χ0n) is 14.9. The third-order valence-electron chi connectivity index (χ3n) is 3.96. The molecule has 0 aliphatic rings. The minimum absolute atomic E-state index is 0.158. The quantitative estimate of drug-likeness (QED) is 0.312. The molecule has 0 fully saturated rings. The van der Waals surface area contributed by atoms with E-state index in [4.69, 9.17) is 5.11 Å². The van der Waals surface area contributed by atoms with Gasteiger partial charge in [0.15, 0.2) is 0 Å². The maximum atomic E-state index is 10.5. The van der Waals surface area contributed by atoms with Gasteiger partial charge in [0.2, 0.25) is 0 Å². The number of aliphatic carboxylic acids is 1. The first-order chi connectivity index (χ1) is 10.7. The highest BCUT2D eigenvalue weighted by atomic mass is 16.4. The largest absolute Gasteiger partial charge is 0.480 e. The SMILES string of the molecule is CCCCCC/C=C\CCCCCCCCN(C)CC(=O)O. The molecule has 130 valence electrons. The summed E-state index contributed by atoms with van der Waals surface area (Å²) in [5.41, 5.74) is 0. The fraction of sp³-hybridized carbons (Fsp3) is 0.842. The molecule has 0 spiro atoms. The van der Waals surface area contributed by atoms with E-state index in [1.807, 2.05) is 11.9 Å². The van der Waals surface area contributed by atoms with Gasteiger partial charge in [-0.25, -0.2) is 0 Å². The minimum Gasteiger partial charge on any atom is -0.480 e. The van der Waals surface area contributed by atoms with Crippen molar-refractivity contribution in [3.63, 3.8) is 0 Å². The highest BCUT2D eigenvalue weighted by Gasteiger charge is 2.02. The highest BCUT2D eigenvalue weighted by molar-refractivity contribution is 5.68. The van der Waals surface area contributed by atoms with E-state index in [9.17, 15) is 4.79 Å². The van der Waals surface area contributed by atoms with Gasteiger partial charge in [-0.3, -0.25) is 9.69 Å². The van der Waals surface area contributed by atoms with Crippen molar-refractivity contribution in [2.24, 2.45) is 0 Å². The Balaban J connectivity index is 3.17. The number of unbranched alkanes of at least 4 members (excludes halogenated alkanes) is 10. The summed E-state index contributed by atoms with van der Waals surface area (Å²) in [6, 6.07) is 0. The first-order valence-electron chi connectivity index (χ1n) is 9.22. The van der Waals surface area contributed by atoms with Crippen molar-refractivity contribution < 1.29 is 9.90 Å². The summed E-state index contributed by atoms with van der Waals surface area (Å²) in [7, 11) is 1.88. The molecule has 22 heavy (non-hydrogen) atoms. The van der Waals surface area contributed by atoms with Crippen LogP contribution < -0.4 is 0 Å². The summed E-state index contributed by atoms with van der Waals surface area (Å²) in [6.45, 7) is 3.31. The van der Waals surface area contributed by atoms with Gasteiger partial charge >= 0.3 is 5.97 Å². The summed E-state index contributed by atoms with van der Waals surface area (Å²) in [6.07, 6.45) is 20.2. The predicted octanol–water partition coefficient (Wildman–Crippen LogP) is 5.26. The summed E-state index contributed by atoms with van der Waals surface area (Å²) in [4.78, 5) is 12.4. The van der Waals surface area contributed by atoms with Gasteiger partial charge in [-0.05, 0) is 45.7 Å². The van der Waals surface area contributed by atoms with E-state index in [0.717, 1.165) is 13.0 Å². The van der Waals surface area contributed by atoms with Crippen LogP contribution in [0.2, 0.25) is 0 Å². The number of likely N-dealkylation sites (N-methyl/N-ethyl adjacent to an activating group) is 1. The van der Waals surface area contributed by atoms with E-state index in [0.29, 0.717) is 0 Å². The second-order valence-electron chi connectivity index (χ2n) is 6.36. The first-order valence-corrected chi connectivity index (χ1v) is 9.22. The number of rotatable bonds is 16. The van der Waals surface area contributed by atoms with E-state index in [-0.39, 0.29) is 6.54 Å². The van der Waals surface area contributed by atoms with Gasteiger partial charge in [0, 0.05) is 0 Å². The Morgan fingerprint density at radius 3 is 1.91 bits per heavy atom. The lowest BCUT2D eigenvalue weighted by Crippen LogP contribution is -2.26. The predicted molar refractivity (Wildman–Crippen MR) is 95.4 cm³/mol. The standard InChI is InChI=1S/C19H37NO2/c1-3-4-5-6-7-8-9-10-11-12-13-14-15-16-17-20(2)18-19(21)22/h8-9H,3-7,10-18H2,1-2H3,(H,21,22)/b9-8-. The molecule has 0 radical (unpaired) electrons. The molecule has 1 N–H and O–H groups in total. The van der Waals surface area contributed by atoms with Gasteiger partial charge in [0.1, 0.15) is 0 Å². The van der Waals surface area contributed by atoms with Crippen LogP contribution in [0.25, 0.3) is 0 Å². The van der Waals surface area contributed by atoms with Crippen molar-refractivity contribution in [3.05, 3.63) is 12.2 Å². The Bertz CT molecular complexity index is 277. The van der Waals surface area contributed by atoms with Crippen LogP contribution in [0.15, 0.2) is 12.2 Å². The van der Waals surface area contributed by atoms with Gasteiger partial charge in [0.05, 0.1) is 6.54 Å². The molecule has 0 unspecified atom stereocenters. The molecular formula is C19H37NO2. The lowest BCUT2D eigenvalue weighted by atomic mass is 10.1. The maximum Gasteiger partial charge on any atom is 0.317 e. The molecule has 3 nitrogen and oxygen atoms in total. The van der Waals surface area contributed by atoms with Crippen LogP contribution in [0, 0.1) is 0 Å². The van der Waals surface area contributed by atoms with Crippen LogP contribution in [0.1, 0.15) is 84.0 Å². The van der Waals surface area contributed by atoms with E-state index in [1.54, 1.807) is 0 Å². The first kappa shape index (κ1) is 21.2. The van der Waals surface area contributed by atoms with Crippen molar-refractivity contribution in [1.82, 2.24) is 4.90 Å². The third kappa shape index (κ3) is 17.2. The van der Waals surface area contributed by atoms with Gasteiger partial charge in [-0.15, -0.1) is 0 Å². The average Bonchev–Trinajstić information content (AvgIpc) is 2.47. The summed E-state index contributed by atoms with van der Waals surface area (Å²) < 4.78 is 0. The molecule has 0 aromatic rings. The molecule has 0 rings (SSSR count). The highest BCUT2D eigenvalue weighted by Crippen LogP contribution is 2.09. The number of carboxylic acid groups (broad SMARTS) is 1. The number of nitrogens with zero attached hydrogens (tertiary/aromatic N) is 1. The number of carboxylic acids is 1. The number of allylic oxidation sites excluding steroid dienone is 2. The van der Waals surface area contributed by atoms with E-state index in [2.05, 4.69) is 19.1 Å². The second-order valence-corrected chi connectivity index (χ2v) is 6.36. The number of hydrogen-bond donors (Lipinski definition) is 1. The monoisotopic (exact) mass is 311 g/mol. The van der Waals surface area contributed by atoms with Gasteiger partial charge in [-0.1, -0.05) is 64.0 Å². The maximum absolute atomic E-state index is 10.5. The molecule has 0 amide bonds. The van der Waals surface area contributed by atoms with Crippen LogP contribution in [0.4, 0.5) is 0 Å². The minimum atomic E-state index is -0.735. The van der Waals surface area contributed by atoms with E-state index >= 15 is 0 Å². The Kier molecular flexibility index (Phi) is 15.9. The van der Waals surface area contributed by atoms with Gasteiger partial charge < -0.3 is 5.11 Å². The zero-order chi connectivity index (χ0) is 16.5. The number of hydrogen-bond acceptors (Lipinski definition) is 2. The second kappa shape index (κ2) is 16.5. The lowest BCUT2D eigenvalue weighted by Gasteiger charge is -2.13. The molecule has 3 heteroatoms. The summed E-state index contributed by atoms with van der Waals surface area (Å²) >= 11 is 0. The fourth-order valence-corrected chi connectivity index (χ4v) is 2.59. The molecule has 0 aromatic heterocycles. The molecule has 0 bridgehead atoms. The lowest BCUT2D eigenvalue weighted by molar-refractivity contribution is -0.137. The molecule has 0 saturated carbocycles. The van der Waals surface area contributed by atoms with Gasteiger partial charge in [-0.2, -0.15) is 0 Å². The van der Waals surface area contributed by atoms with Crippen molar-refractivity contribution in [1.29, 1.82) is 0 Å². The van der Waals surface area contributed by atoms with Crippen LogP contribution >= 0.6 is 0 Å². The Hall–Kier alpha value is -0.830. The molecule has 0 heterocycles. The van der Waals surface area contributed by atoms with Crippen LogP contribution in [0.5, 0.6) is 0 Å². The molecule has 0 atom stereocenters. The number of carbonyl (C=O) groups is 1. The van der Waals surface area contributed by atoms with Gasteiger partial charge in [0.25, 0.3) is 0 Å². The Morgan fingerprint density at radius 2 is 1.36 bits per heavy atom. The van der Waals surface area contributed by atoms with E-state index < -0.39 is 5.97 Å². The van der Waals surface area contributed by atoms with Crippen molar-refractivity contribution in [3.8, 4) is 0 Å². The normalized spacial score (nSPS) is 11.6. The Labute approximate surface area is 137 Å². The van der Waals surface area contributed by atoms with Crippen molar-refractivity contribution in [2.75, 3.05) is 20.1 Å². The molecule has 0 aliphatic heterocycles. The van der Waals surface area contributed by atoms with Crippen molar-refractivity contribution >= 4 is 5.97 Å². The molecule has 0 aromatic carbocycles. The fourth-order valence-electron chi connectivity index (χ4n) is 2.59. The van der Waals surface area contributed by atoms with E-state index in [1.165, 1.54) is 70.6 Å². The molecule has 0 saturated heterocycles. The molecule has 0 aliphatic carbocycles. The Morgan fingerprint density at radius 1 is 0.864 bits per heavy atom. The third-order valence-corrected chi connectivity index (χ3v) is 3.96. The van der Waals surface area contributed by atoms with Crippen LogP contribution in [-0.2, 0) is 4.79 Å². The van der Waals surface area contributed by atoms with Crippen LogP contribution in [-0.4, -0.2) is 36.1 Å². The summed E-state index contributed by atoms with van der Waals surface area (Å²) in [5.74, 6) is -0.735. The zero-order valence-corrected chi connectivity index (χ0v) is 14.9. The average molecular weight is 312 g/mol.